The van der Waals surface area contributed by atoms with Crippen molar-refractivity contribution in [3.05, 3.63) is 41.5 Å². The van der Waals surface area contributed by atoms with E-state index >= 15 is 0 Å². The standard InChI is InChI=1S/C18H23FN4O2/c1-11(8-14-9-12(2)22-23-14)20-18(24)21-13-6-7-17(16(19)10-13)25-15-4-3-5-15/h6-7,9-11,15H,3-5,8H2,1-2H3,(H,22,23)(H2,20,21,24)/t11-/m1/s1. The first-order valence-electron chi connectivity index (χ1n) is 8.54. The number of carbonyl (C=O) groups is 1. The van der Waals surface area contributed by atoms with Crippen molar-refractivity contribution in [1.82, 2.24) is 15.5 Å². The minimum Gasteiger partial charge on any atom is -0.487 e. The number of amides is 2. The van der Waals surface area contributed by atoms with Gasteiger partial charge in [0.2, 0.25) is 0 Å². The molecule has 0 aliphatic heterocycles. The number of aromatic amines is 1. The largest absolute Gasteiger partial charge is 0.487 e. The molecule has 0 bridgehead atoms. The highest BCUT2D eigenvalue weighted by Gasteiger charge is 2.20. The smallest absolute Gasteiger partial charge is 0.319 e. The number of H-pyrrole nitrogens is 1. The second-order valence-electron chi connectivity index (χ2n) is 6.56. The molecule has 6 nitrogen and oxygen atoms in total. The number of aromatic nitrogens is 2. The van der Waals surface area contributed by atoms with Crippen LogP contribution in [0.1, 0.15) is 37.6 Å². The fourth-order valence-electron chi connectivity index (χ4n) is 2.68. The van der Waals surface area contributed by atoms with Gasteiger partial charge in [-0.3, -0.25) is 5.10 Å². The Morgan fingerprint density at radius 3 is 2.84 bits per heavy atom. The summed E-state index contributed by atoms with van der Waals surface area (Å²) < 4.78 is 19.6. The zero-order chi connectivity index (χ0) is 17.8. The van der Waals surface area contributed by atoms with Crippen LogP contribution in [0.15, 0.2) is 24.3 Å². The van der Waals surface area contributed by atoms with E-state index in [0.717, 1.165) is 30.7 Å². The third-order valence-electron chi connectivity index (χ3n) is 4.19. The molecule has 2 aromatic rings. The van der Waals surface area contributed by atoms with Crippen LogP contribution in [0.25, 0.3) is 0 Å². The molecule has 3 rings (SSSR count). The summed E-state index contributed by atoms with van der Waals surface area (Å²) in [6, 6.07) is 5.92. The summed E-state index contributed by atoms with van der Waals surface area (Å²) in [6.45, 7) is 3.81. The van der Waals surface area contributed by atoms with Gasteiger partial charge < -0.3 is 15.4 Å². The van der Waals surface area contributed by atoms with E-state index in [4.69, 9.17) is 4.74 Å². The lowest BCUT2D eigenvalue weighted by molar-refractivity contribution is 0.115. The molecule has 1 heterocycles. The zero-order valence-corrected chi connectivity index (χ0v) is 14.4. The lowest BCUT2D eigenvalue weighted by Gasteiger charge is -2.26. The van der Waals surface area contributed by atoms with Crippen LogP contribution < -0.4 is 15.4 Å². The van der Waals surface area contributed by atoms with Crippen LogP contribution in [0.4, 0.5) is 14.9 Å². The molecule has 3 N–H and O–H groups in total. The zero-order valence-electron chi connectivity index (χ0n) is 14.4. The highest BCUT2D eigenvalue weighted by atomic mass is 19.1. The Morgan fingerprint density at radius 2 is 2.24 bits per heavy atom. The van der Waals surface area contributed by atoms with Crippen LogP contribution >= 0.6 is 0 Å². The summed E-state index contributed by atoms with van der Waals surface area (Å²) in [5, 5.41) is 12.5. The summed E-state index contributed by atoms with van der Waals surface area (Å²) in [7, 11) is 0. The fourth-order valence-corrected chi connectivity index (χ4v) is 2.68. The molecule has 1 aromatic heterocycles. The van der Waals surface area contributed by atoms with Gasteiger partial charge in [0.25, 0.3) is 0 Å². The van der Waals surface area contributed by atoms with Gasteiger partial charge in [-0.1, -0.05) is 0 Å². The number of hydrogen-bond donors (Lipinski definition) is 3. The molecule has 7 heteroatoms. The van der Waals surface area contributed by atoms with E-state index in [1.165, 1.54) is 6.07 Å². The minimum atomic E-state index is -0.468. The number of hydrogen-bond acceptors (Lipinski definition) is 3. The molecule has 1 saturated carbocycles. The lowest BCUT2D eigenvalue weighted by atomic mass is 9.96. The van der Waals surface area contributed by atoms with Gasteiger partial charge in [-0.25, -0.2) is 9.18 Å². The summed E-state index contributed by atoms with van der Waals surface area (Å²) >= 11 is 0. The number of nitrogens with one attached hydrogen (secondary N) is 3. The molecular weight excluding hydrogens is 323 g/mol. The Morgan fingerprint density at radius 1 is 1.44 bits per heavy atom. The molecule has 2 amide bonds. The van der Waals surface area contributed by atoms with Crippen molar-refractivity contribution in [2.75, 3.05) is 5.32 Å². The van der Waals surface area contributed by atoms with E-state index in [0.29, 0.717) is 12.1 Å². The summed E-state index contributed by atoms with van der Waals surface area (Å²) in [4.78, 5) is 12.0. The van der Waals surface area contributed by atoms with Crippen LogP contribution in [0.2, 0.25) is 0 Å². The van der Waals surface area contributed by atoms with Gasteiger partial charge in [-0.2, -0.15) is 5.10 Å². The highest BCUT2D eigenvalue weighted by Crippen LogP contribution is 2.28. The predicted molar refractivity (Wildman–Crippen MR) is 93.3 cm³/mol. The number of nitrogens with zero attached hydrogens (tertiary/aromatic N) is 1. The van der Waals surface area contributed by atoms with Gasteiger partial charge >= 0.3 is 6.03 Å². The summed E-state index contributed by atoms with van der Waals surface area (Å²) in [5.74, 6) is -0.234. The molecule has 0 radical (unpaired) electrons. The normalized spacial score (nSPS) is 15.3. The van der Waals surface area contributed by atoms with Gasteiger partial charge in [0.05, 0.1) is 11.8 Å². The number of rotatable bonds is 6. The van der Waals surface area contributed by atoms with Crippen molar-refractivity contribution < 1.29 is 13.9 Å². The van der Waals surface area contributed by atoms with Crippen LogP contribution in [-0.4, -0.2) is 28.4 Å². The Hall–Kier alpha value is -2.57. The molecule has 0 unspecified atom stereocenters. The molecule has 1 aromatic carbocycles. The van der Waals surface area contributed by atoms with Gasteiger partial charge in [0.15, 0.2) is 11.6 Å². The van der Waals surface area contributed by atoms with Crippen LogP contribution in [-0.2, 0) is 6.42 Å². The van der Waals surface area contributed by atoms with E-state index in [-0.39, 0.29) is 23.9 Å². The number of halogens is 1. The van der Waals surface area contributed by atoms with Crippen molar-refractivity contribution in [2.45, 2.75) is 51.7 Å². The van der Waals surface area contributed by atoms with Crippen molar-refractivity contribution in [1.29, 1.82) is 0 Å². The number of benzene rings is 1. The Bertz CT molecular complexity index is 742. The monoisotopic (exact) mass is 346 g/mol. The average Bonchev–Trinajstić information content (AvgIpc) is 2.89. The van der Waals surface area contributed by atoms with Crippen molar-refractivity contribution in [2.24, 2.45) is 0 Å². The Labute approximate surface area is 146 Å². The maximum Gasteiger partial charge on any atom is 0.319 e. The SMILES string of the molecule is Cc1cc(C[C@@H](C)NC(=O)Nc2ccc(OC3CCC3)c(F)c2)n[nH]1. The maximum atomic E-state index is 14.1. The quantitative estimate of drug-likeness (QED) is 0.748. The van der Waals surface area contributed by atoms with Gasteiger partial charge in [-0.05, 0) is 51.3 Å². The van der Waals surface area contributed by atoms with Crippen molar-refractivity contribution in [3.63, 3.8) is 0 Å². The van der Waals surface area contributed by atoms with E-state index in [1.807, 2.05) is 19.9 Å². The third-order valence-corrected chi connectivity index (χ3v) is 4.19. The Balaban J connectivity index is 1.50. The molecule has 25 heavy (non-hydrogen) atoms. The molecule has 1 atom stereocenters. The third kappa shape index (κ3) is 4.71. The first kappa shape index (κ1) is 17.3. The average molecular weight is 346 g/mol. The van der Waals surface area contributed by atoms with Crippen molar-refractivity contribution in [3.8, 4) is 5.75 Å². The maximum absolute atomic E-state index is 14.1. The van der Waals surface area contributed by atoms with Gasteiger partial charge in [-0.15, -0.1) is 0 Å². The molecule has 0 saturated heterocycles. The first-order chi connectivity index (χ1) is 12.0. The molecule has 1 aliphatic rings. The number of aryl methyl sites for hydroxylation is 1. The minimum absolute atomic E-state index is 0.103. The van der Waals surface area contributed by atoms with Crippen LogP contribution in [0.3, 0.4) is 0 Å². The first-order valence-corrected chi connectivity index (χ1v) is 8.54. The van der Waals surface area contributed by atoms with Gasteiger partial charge in [0.1, 0.15) is 0 Å². The lowest BCUT2D eigenvalue weighted by Crippen LogP contribution is -2.37. The van der Waals surface area contributed by atoms with Gasteiger partial charge in [0, 0.05) is 29.9 Å². The van der Waals surface area contributed by atoms with E-state index in [2.05, 4.69) is 20.8 Å². The molecule has 1 aliphatic carbocycles. The summed E-state index contributed by atoms with van der Waals surface area (Å²) in [6.07, 6.45) is 3.79. The molecule has 1 fully saturated rings. The fraction of sp³-hybridized carbons (Fsp3) is 0.444. The molecule has 0 spiro atoms. The van der Waals surface area contributed by atoms with E-state index < -0.39 is 5.82 Å². The van der Waals surface area contributed by atoms with Crippen LogP contribution in [0, 0.1) is 12.7 Å². The van der Waals surface area contributed by atoms with Crippen molar-refractivity contribution >= 4 is 11.7 Å². The van der Waals surface area contributed by atoms with E-state index in [1.54, 1.807) is 12.1 Å². The predicted octanol–water partition coefficient (Wildman–Crippen LogP) is 3.54. The number of urea groups is 1. The summed E-state index contributed by atoms with van der Waals surface area (Å²) in [5.41, 5.74) is 2.25. The second kappa shape index (κ2) is 7.55. The van der Waals surface area contributed by atoms with Crippen LogP contribution in [0.5, 0.6) is 5.75 Å². The number of carbonyl (C=O) groups excluding carboxylic acids is 1. The topological polar surface area (TPSA) is 79.0 Å². The van der Waals surface area contributed by atoms with E-state index in [9.17, 15) is 9.18 Å². The molecular formula is C18H23FN4O2. The Kier molecular flexibility index (Phi) is 5.21. The second-order valence-corrected chi connectivity index (χ2v) is 6.56. The highest BCUT2D eigenvalue weighted by molar-refractivity contribution is 5.89. The number of ether oxygens (including phenoxy) is 1. The number of anilines is 1. The molecule has 134 valence electrons.